The summed E-state index contributed by atoms with van der Waals surface area (Å²) in [6.45, 7) is 5.13. The Kier molecular flexibility index (Phi) is 8.64. The zero-order valence-corrected chi connectivity index (χ0v) is 20.6. The van der Waals surface area contributed by atoms with Gasteiger partial charge in [0, 0.05) is 36.0 Å². The molecule has 0 unspecified atom stereocenters. The van der Waals surface area contributed by atoms with Gasteiger partial charge in [-0.05, 0) is 49.7 Å². The molecule has 1 aliphatic heterocycles. The van der Waals surface area contributed by atoms with E-state index in [-0.39, 0.29) is 0 Å². The lowest BCUT2D eigenvalue weighted by atomic mass is 10.2. The number of aromatic nitrogens is 2. The molecule has 34 heavy (non-hydrogen) atoms. The summed E-state index contributed by atoms with van der Waals surface area (Å²) in [5, 5.41) is 4.24. The fourth-order valence-corrected chi connectivity index (χ4v) is 4.37. The Bertz CT molecular complexity index is 1090. The molecule has 2 aromatic carbocycles. The standard InChI is InChI=1S/C24H31N5O4S/c1-25-34-17-5-6-21(30-2)20(13-17)28-24-18-14-23(22(31-3)15-19(18)26-16-27-24)33-10-4-7-29-8-11-32-12-9-29/h5-6,13-16,25H,4,7-12H2,1-3H3,(H,26,27,28). The number of anilines is 2. The Balaban J connectivity index is 1.54. The summed E-state index contributed by atoms with van der Waals surface area (Å²) >= 11 is 1.53. The summed E-state index contributed by atoms with van der Waals surface area (Å²) in [4.78, 5) is 12.4. The molecule has 4 rings (SSSR count). The first-order chi connectivity index (χ1) is 16.7. The molecule has 1 saturated heterocycles. The minimum absolute atomic E-state index is 0.590. The highest BCUT2D eigenvalue weighted by Crippen LogP contribution is 2.37. The third-order valence-electron chi connectivity index (χ3n) is 5.54. The maximum Gasteiger partial charge on any atom is 0.162 e. The highest BCUT2D eigenvalue weighted by Gasteiger charge is 2.15. The predicted molar refractivity (Wildman–Crippen MR) is 135 cm³/mol. The molecule has 9 nitrogen and oxygen atoms in total. The molecule has 182 valence electrons. The topological polar surface area (TPSA) is 90.0 Å². The van der Waals surface area contributed by atoms with Crippen LogP contribution in [0.2, 0.25) is 0 Å². The molecular weight excluding hydrogens is 454 g/mol. The van der Waals surface area contributed by atoms with E-state index < -0.39 is 0 Å². The maximum absolute atomic E-state index is 6.13. The van der Waals surface area contributed by atoms with Gasteiger partial charge in [-0.25, -0.2) is 9.97 Å². The molecule has 1 aliphatic rings. The summed E-state index contributed by atoms with van der Waals surface area (Å²) < 4.78 is 25.8. The number of nitrogens with zero attached hydrogens (tertiary/aromatic N) is 3. The average Bonchev–Trinajstić information content (AvgIpc) is 2.87. The molecule has 0 spiro atoms. The van der Waals surface area contributed by atoms with Crippen LogP contribution in [0.15, 0.2) is 41.6 Å². The van der Waals surface area contributed by atoms with Gasteiger partial charge in [-0.1, -0.05) is 0 Å². The smallest absolute Gasteiger partial charge is 0.162 e. The van der Waals surface area contributed by atoms with Crippen LogP contribution in [0.3, 0.4) is 0 Å². The molecule has 0 atom stereocenters. The second-order valence-electron chi connectivity index (χ2n) is 7.69. The quantitative estimate of drug-likeness (QED) is 0.309. The van der Waals surface area contributed by atoms with Gasteiger partial charge >= 0.3 is 0 Å². The zero-order chi connectivity index (χ0) is 23.8. The fourth-order valence-electron chi connectivity index (χ4n) is 3.82. The molecule has 10 heteroatoms. The molecule has 0 bridgehead atoms. The van der Waals surface area contributed by atoms with Gasteiger partial charge in [-0.2, -0.15) is 0 Å². The number of fused-ring (bicyclic) bond motifs is 1. The van der Waals surface area contributed by atoms with Crippen molar-refractivity contribution in [2.24, 2.45) is 0 Å². The molecule has 0 saturated carbocycles. The van der Waals surface area contributed by atoms with Crippen LogP contribution in [0.4, 0.5) is 11.5 Å². The van der Waals surface area contributed by atoms with E-state index in [2.05, 4.69) is 24.9 Å². The van der Waals surface area contributed by atoms with Crippen molar-refractivity contribution in [1.29, 1.82) is 0 Å². The van der Waals surface area contributed by atoms with Gasteiger partial charge in [0.15, 0.2) is 11.5 Å². The minimum atomic E-state index is 0.590. The maximum atomic E-state index is 6.13. The molecule has 0 amide bonds. The van der Waals surface area contributed by atoms with Crippen LogP contribution >= 0.6 is 11.9 Å². The SMILES string of the molecule is CNSc1ccc(OC)c(Nc2ncnc3cc(OC)c(OCCCN4CCOCC4)cc23)c1. The van der Waals surface area contributed by atoms with Gasteiger partial charge in [0.1, 0.15) is 17.9 Å². The van der Waals surface area contributed by atoms with Crippen molar-refractivity contribution < 1.29 is 18.9 Å². The van der Waals surface area contributed by atoms with E-state index in [0.717, 1.165) is 66.5 Å². The Morgan fingerprint density at radius 2 is 1.85 bits per heavy atom. The van der Waals surface area contributed by atoms with E-state index in [9.17, 15) is 0 Å². The van der Waals surface area contributed by atoms with Crippen LogP contribution in [-0.4, -0.2) is 75.6 Å². The minimum Gasteiger partial charge on any atom is -0.495 e. The van der Waals surface area contributed by atoms with Gasteiger partial charge in [0.25, 0.3) is 0 Å². The Labute approximate surface area is 204 Å². The van der Waals surface area contributed by atoms with Crippen molar-refractivity contribution in [3.05, 3.63) is 36.7 Å². The van der Waals surface area contributed by atoms with E-state index in [4.69, 9.17) is 18.9 Å². The molecule has 2 heterocycles. The van der Waals surface area contributed by atoms with E-state index in [1.54, 1.807) is 14.2 Å². The molecule has 1 aromatic heterocycles. The monoisotopic (exact) mass is 485 g/mol. The zero-order valence-electron chi connectivity index (χ0n) is 19.8. The van der Waals surface area contributed by atoms with E-state index >= 15 is 0 Å². The highest BCUT2D eigenvalue weighted by molar-refractivity contribution is 7.97. The number of methoxy groups -OCH3 is 2. The van der Waals surface area contributed by atoms with Crippen molar-refractivity contribution in [2.45, 2.75) is 11.3 Å². The molecular formula is C24H31N5O4S. The normalized spacial score (nSPS) is 14.2. The molecule has 0 radical (unpaired) electrons. The molecule has 0 aliphatic carbocycles. The fraction of sp³-hybridized carbons (Fsp3) is 0.417. The highest BCUT2D eigenvalue weighted by atomic mass is 32.2. The number of morpholine rings is 1. The van der Waals surface area contributed by atoms with E-state index in [1.807, 2.05) is 37.4 Å². The van der Waals surface area contributed by atoms with Gasteiger partial charge in [-0.3, -0.25) is 9.62 Å². The van der Waals surface area contributed by atoms with Crippen LogP contribution in [0, 0.1) is 0 Å². The first-order valence-electron chi connectivity index (χ1n) is 11.3. The third-order valence-corrected chi connectivity index (χ3v) is 6.24. The number of benzene rings is 2. The lowest BCUT2D eigenvalue weighted by molar-refractivity contribution is 0.0357. The lowest BCUT2D eigenvalue weighted by Crippen LogP contribution is -2.37. The van der Waals surface area contributed by atoms with Gasteiger partial charge in [0.05, 0.1) is 45.2 Å². The first kappa shape index (κ1) is 24.3. The number of hydrogen-bond donors (Lipinski definition) is 2. The summed E-state index contributed by atoms with van der Waals surface area (Å²) in [5.41, 5.74) is 1.57. The van der Waals surface area contributed by atoms with Gasteiger partial charge in [-0.15, -0.1) is 0 Å². The van der Waals surface area contributed by atoms with Crippen LogP contribution in [0.25, 0.3) is 10.9 Å². The van der Waals surface area contributed by atoms with Crippen LogP contribution in [-0.2, 0) is 4.74 Å². The summed E-state index contributed by atoms with van der Waals surface area (Å²) in [5.74, 6) is 2.70. The van der Waals surface area contributed by atoms with Crippen LogP contribution in [0.1, 0.15) is 6.42 Å². The second-order valence-corrected chi connectivity index (χ2v) is 8.78. The predicted octanol–water partition coefficient (Wildman–Crippen LogP) is 3.72. The average molecular weight is 486 g/mol. The third kappa shape index (κ3) is 6.01. The van der Waals surface area contributed by atoms with Crippen molar-refractivity contribution in [1.82, 2.24) is 19.6 Å². The number of nitrogens with one attached hydrogen (secondary N) is 2. The van der Waals surface area contributed by atoms with Crippen molar-refractivity contribution in [3.63, 3.8) is 0 Å². The van der Waals surface area contributed by atoms with Crippen molar-refractivity contribution in [3.8, 4) is 17.2 Å². The largest absolute Gasteiger partial charge is 0.495 e. The Morgan fingerprint density at radius 3 is 2.62 bits per heavy atom. The van der Waals surface area contributed by atoms with Gasteiger partial charge < -0.3 is 24.3 Å². The van der Waals surface area contributed by atoms with E-state index in [0.29, 0.717) is 23.9 Å². The van der Waals surface area contributed by atoms with E-state index in [1.165, 1.54) is 18.3 Å². The first-order valence-corrected chi connectivity index (χ1v) is 12.1. The summed E-state index contributed by atoms with van der Waals surface area (Å²) in [7, 11) is 5.17. The number of ether oxygens (including phenoxy) is 4. The van der Waals surface area contributed by atoms with Crippen LogP contribution < -0.4 is 24.2 Å². The molecule has 3 aromatic rings. The Morgan fingerprint density at radius 1 is 1.03 bits per heavy atom. The van der Waals surface area contributed by atoms with Crippen molar-refractivity contribution in [2.75, 3.05) is 66.0 Å². The number of hydrogen-bond acceptors (Lipinski definition) is 10. The Hall–Kier alpha value is -2.79. The lowest BCUT2D eigenvalue weighted by Gasteiger charge is -2.26. The second kappa shape index (κ2) is 12.1. The van der Waals surface area contributed by atoms with Gasteiger partial charge in [0.2, 0.25) is 0 Å². The molecule has 2 N–H and O–H groups in total. The van der Waals surface area contributed by atoms with Crippen LogP contribution in [0.5, 0.6) is 17.2 Å². The summed E-state index contributed by atoms with van der Waals surface area (Å²) in [6.07, 6.45) is 2.45. The molecule has 1 fully saturated rings. The number of rotatable bonds is 11. The van der Waals surface area contributed by atoms with Crippen molar-refractivity contribution >= 4 is 34.4 Å². The summed E-state index contributed by atoms with van der Waals surface area (Å²) in [6, 6.07) is 9.75.